The highest BCUT2D eigenvalue weighted by atomic mass is 79.9. The highest BCUT2D eigenvalue weighted by Gasteiger charge is 2.26. The molecule has 0 spiro atoms. The Hall–Kier alpha value is -4.18. The van der Waals surface area contributed by atoms with E-state index in [1.165, 1.54) is 7.11 Å². The van der Waals surface area contributed by atoms with Gasteiger partial charge in [0.05, 0.1) is 23.9 Å². The van der Waals surface area contributed by atoms with Gasteiger partial charge in [-0.15, -0.1) is 0 Å². The Labute approximate surface area is 223 Å². The molecular weight excluding hydrogens is 540 g/mol. The maximum Gasteiger partial charge on any atom is 0.270 e. The number of hydrazine groups is 1. The molecule has 1 atom stereocenters. The van der Waals surface area contributed by atoms with E-state index < -0.39 is 29.7 Å². The molecule has 0 heterocycles. The summed E-state index contributed by atoms with van der Waals surface area (Å²) in [4.78, 5) is 51.1. The van der Waals surface area contributed by atoms with Gasteiger partial charge in [0.1, 0.15) is 11.8 Å². The fourth-order valence-corrected chi connectivity index (χ4v) is 3.85. The van der Waals surface area contributed by atoms with Crippen molar-refractivity contribution in [2.45, 2.75) is 19.9 Å². The Bertz CT molecular complexity index is 1290. The lowest BCUT2D eigenvalue weighted by molar-refractivity contribution is -0.124. The van der Waals surface area contributed by atoms with Crippen LogP contribution in [0.25, 0.3) is 0 Å². The topological polar surface area (TPSA) is 126 Å². The lowest BCUT2D eigenvalue weighted by Gasteiger charge is -2.22. The molecule has 10 heteroatoms. The Balaban J connectivity index is 1.69. The Morgan fingerprint density at radius 2 is 1.38 bits per heavy atom. The third kappa shape index (κ3) is 7.17. The molecule has 0 bridgehead atoms. The Morgan fingerprint density at radius 1 is 0.757 bits per heavy atom. The molecule has 3 aromatic rings. The van der Waals surface area contributed by atoms with Gasteiger partial charge in [0.15, 0.2) is 0 Å². The van der Waals surface area contributed by atoms with E-state index in [4.69, 9.17) is 4.74 Å². The number of hydrogen-bond donors (Lipinski definition) is 4. The molecule has 0 radical (unpaired) electrons. The van der Waals surface area contributed by atoms with Crippen LogP contribution in [0.2, 0.25) is 0 Å². The molecule has 0 aliphatic heterocycles. The summed E-state index contributed by atoms with van der Waals surface area (Å²) < 4.78 is 5.68. The van der Waals surface area contributed by atoms with Crippen LogP contribution < -0.4 is 26.2 Å². The number of carbonyl (C=O) groups excluding carboxylic acids is 4. The Morgan fingerprint density at radius 3 is 2.00 bits per heavy atom. The first kappa shape index (κ1) is 27.4. The van der Waals surface area contributed by atoms with Gasteiger partial charge < -0.3 is 15.4 Å². The van der Waals surface area contributed by atoms with E-state index >= 15 is 0 Å². The average molecular weight is 567 g/mol. The number of halogens is 1. The van der Waals surface area contributed by atoms with Gasteiger partial charge in [-0.25, -0.2) is 0 Å². The second kappa shape index (κ2) is 12.7. The van der Waals surface area contributed by atoms with E-state index in [0.29, 0.717) is 21.3 Å². The Kier molecular flexibility index (Phi) is 9.39. The van der Waals surface area contributed by atoms with Gasteiger partial charge in [-0.3, -0.25) is 30.0 Å². The monoisotopic (exact) mass is 566 g/mol. The van der Waals surface area contributed by atoms with Crippen LogP contribution in [0.5, 0.6) is 5.75 Å². The van der Waals surface area contributed by atoms with Crippen LogP contribution in [-0.2, 0) is 4.79 Å². The quantitative estimate of drug-likeness (QED) is 0.307. The van der Waals surface area contributed by atoms with E-state index in [1.807, 2.05) is 0 Å². The van der Waals surface area contributed by atoms with E-state index in [-0.39, 0.29) is 17.2 Å². The number of methoxy groups -OCH3 is 1. The molecule has 0 aliphatic rings. The third-order valence-corrected chi connectivity index (χ3v) is 6.12. The predicted molar refractivity (Wildman–Crippen MR) is 143 cm³/mol. The zero-order valence-corrected chi connectivity index (χ0v) is 22.1. The number of para-hydroxylation sites is 1. The number of hydrogen-bond acceptors (Lipinski definition) is 5. The van der Waals surface area contributed by atoms with Crippen LogP contribution in [0.1, 0.15) is 44.9 Å². The van der Waals surface area contributed by atoms with E-state index in [2.05, 4.69) is 37.4 Å². The number of anilines is 1. The summed E-state index contributed by atoms with van der Waals surface area (Å²) in [7, 11) is 1.53. The molecule has 0 aliphatic carbocycles. The average Bonchev–Trinajstić information content (AvgIpc) is 2.90. The first-order chi connectivity index (χ1) is 17.7. The summed E-state index contributed by atoms with van der Waals surface area (Å²) in [6.45, 7) is 3.52. The van der Waals surface area contributed by atoms with Crippen molar-refractivity contribution in [1.82, 2.24) is 16.2 Å². The second-order valence-corrected chi connectivity index (χ2v) is 9.20. The number of benzene rings is 3. The predicted octanol–water partition coefficient (Wildman–Crippen LogP) is 3.93. The number of carbonyl (C=O) groups is 4. The van der Waals surface area contributed by atoms with Crippen molar-refractivity contribution in [2.75, 3.05) is 12.4 Å². The van der Waals surface area contributed by atoms with Gasteiger partial charge >= 0.3 is 0 Å². The SMILES string of the molecule is COc1ccc(C(=O)Nc2ccccc2C(=O)N[C@H](C(=O)NNC(=O)c2ccccc2Br)C(C)C)cc1. The highest BCUT2D eigenvalue weighted by Crippen LogP contribution is 2.19. The van der Waals surface area contributed by atoms with Crippen molar-refractivity contribution in [3.63, 3.8) is 0 Å². The molecule has 3 aromatic carbocycles. The van der Waals surface area contributed by atoms with Gasteiger partial charge in [-0.2, -0.15) is 0 Å². The maximum atomic E-state index is 13.1. The first-order valence-corrected chi connectivity index (χ1v) is 12.2. The summed E-state index contributed by atoms with van der Waals surface area (Å²) in [5, 5.41) is 5.43. The summed E-state index contributed by atoms with van der Waals surface area (Å²) in [6.07, 6.45) is 0. The van der Waals surface area contributed by atoms with Crippen LogP contribution in [0, 0.1) is 5.92 Å². The minimum atomic E-state index is -0.961. The van der Waals surface area contributed by atoms with Crippen molar-refractivity contribution in [2.24, 2.45) is 5.92 Å². The largest absolute Gasteiger partial charge is 0.497 e. The molecule has 0 saturated heterocycles. The molecule has 37 heavy (non-hydrogen) atoms. The molecule has 0 fully saturated rings. The first-order valence-electron chi connectivity index (χ1n) is 11.4. The van der Waals surface area contributed by atoms with Gasteiger partial charge in [-0.05, 0) is 70.4 Å². The molecule has 0 aromatic heterocycles. The highest BCUT2D eigenvalue weighted by molar-refractivity contribution is 9.10. The zero-order valence-electron chi connectivity index (χ0n) is 20.5. The lowest BCUT2D eigenvalue weighted by atomic mass is 10.0. The number of ether oxygens (including phenoxy) is 1. The van der Waals surface area contributed by atoms with Gasteiger partial charge in [0.25, 0.3) is 23.6 Å². The van der Waals surface area contributed by atoms with Crippen molar-refractivity contribution in [1.29, 1.82) is 0 Å². The number of rotatable bonds is 8. The van der Waals surface area contributed by atoms with Gasteiger partial charge in [-0.1, -0.05) is 38.1 Å². The fourth-order valence-electron chi connectivity index (χ4n) is 3.39. The maximum absolute atomic E-state index is 13.1. The fraction of sp³-hybridized carbons (Fsp3) is 0.185. The molecule has 4 N–H and O–H groups in total. The summed E-state index contributed by atoms with van der Waals surface area (Å²) in [6, 6.07) is 18.8. The van der Waals surface area contributed by atoms with Gasteiger partial charge in [0, 0.05) is 10.0 Å². The van der Waals surface area contributed by atoms with E-state index in [0.717, 1.165) is 0 Å². The smallest absolute Gasteiger partial charge is 0.270 e. The molecule has 0 saturated carbocycles. The summed E-state index contributed by atoms with van der Waals surface area (Å²) in [5.74, 6) is -1.76. The molecule has 9 nitrogen and oxygen atoms in total. The van der Waals surface area contributed by atoms with E-state index in [9.17, 15) is 19.2 Å². The second-order valence-electron chi connectivity index (χ2n) is 8.35. The number of nitrogens with one attached hydrogen (secondary N) is 4. The minimum Gasteiger partial charge on any atom is -0.497 e. The van der Waals surface area contributed by atoms with Crippen molar-refractivity contribution < 1.29 is 23.9 Å². The van der Waals surface area contributed by atoms with Crippen LogP contribution in [-0.4, -0.2) is 36.8 Å². The van der Waals surface area contributed by atoms with Crippen molar-refractivity contribution >= 4 is 45.2 Å². The van der Waals surface area contributed by atoms with Crippen LogP contribution >= 0.6 is 15.9 Å². The van der Waals surface area contributed by atoms with Crippen molar-refractivity contribution in [3.05, 3.63) is 94.0 Å². The molecular formula is C27H27BrN4O5. The molecule has 0 unspecified atom stereocenters. The summed E-state index contributed by atoms with van der Waals surface area (Å²) >= 11 is 3.29. The molecule has 4 amide bonds. The number of amides is 4. The lowest BCUT2D eigenvalue weighted by Crippen LogP contribution is -2.54. The summed E-state index contributed by atoms with van der Waals surface area (Å²) in [5.41, 5.74) is 5.93. The van der Waals surface area contributed by atoms with Crippen LogP contribution in [0.4, 0.5) is 5.69 Å². The van der Waals surface area contributed by atoms with Gasteiger partial charge in [0.2, 0.25) is 0 Å². The van der Waals surface area contributed by atoms with E-state index in [1.54, 1.807) is 86.6 Å². The third-order valence-electron chi connectivity index (χ3n) is 5.43. The zero-order chi connectivity index (χ0) is 26.9. The molecule has 3 rings (SSSR count). The standard InChI is InChI=1S/C27H27BrN4O5/c1-16(2)23(27(36)32-31-26(35)19-8-4-6-10-21(19)28)30-25(34)20-9-5-7-11-22(20)29-24(33)17-12-14-18(37-3)15-13-17/h4-16,23H,1-3H3,(H,29,33)(H,30,34)(H,31,35)(H,32,36)/t23-/m0/s1. The molecule has 192 valence electrons. The van der Waals surface area contributed by atoms with Crippen LogP contribution in [0.3, 0.4) is 0 Å². The van der Waals surface area contributed by atoms with Crippen LogP contribution in [0.15, 0.2) is 77.3 Å². The normalized spacial score (nSPS) is 11.3. The minimum absolute atomic E-state index is 0.181. The van der Waals surface area contributed by atoms with Crippen molar-refractivity contribution in [3.8, 4) is 5.75 Å².